The molecule has 0 spiro atoms. The first-order valence-corrected chi connectivity index (χ1v) is 2.55. The molecule has 0 aliphatic heterocycles. The van der Waals surface area contributed by atoms with E-state index in [0.717, 1.165) is 0 Å². The van der Waals surface area contributed by atoms with E-state index in [1.54, 1.807) is 22.6 Å². The fourth-order valence-corrected chi connectivity index (χ4v) is 0. The molecule has 0 aliphatic carbocycles. The molecule has 6 heavy (non-hydrogen) atoms. The molecule has 0 amide bonds. The molecule has 0 unspecified atom stereocenters. The first kappa shape index (κ1) is 10.2. The molecule has 0 rings (SSSR count). The van der Waals surface area contributed by atoms with Crippen molar-refractivity contribution in [3.05, 3.63) is 0 Å². The van der Waals surface area contributed by atoms with Gasteiger partial charge in [0.1, 0.15) is 0 Å². The Morgan fingerprint density at radius 2 is 2.00 bits per heavy atom. The van der Waals surface area contributed by atoms with E-state index < -0.39 is 5.97 Å². The second-order valence-corrected chi connectivity index (χ2v) is 1.27. The van der Waals surface area contributed by atoms with Gasteiger partial charge >= 0.3 is 27.7 Å². The molecule has 0 saturated carbocycles. The maximum atomic E-state index is 9.25. The summed E-state index contributed by atoms with van der Waals surface area (Å²) in [6.45, 7) is 0. The van der Waals surface area contributed by atoms with Crippen molar-refractivity contribution in [1.82, 2.24) is 0 Å². The average molecular weight is 386 g/mol. The Labute approximate surface area is 70.0 Å². The minimum atomic E-state index is -1.01. The number of hydrogen-bond donors (Lipinski definition) is 0. The minimum absolute atomic E-state index is 0. The van der Waals surface area contributed by atoms with Gasteiger partial charge in [-0.1, -0.05) is 22.6 Å². The van der Waals surface area contributed by atoms with Crippen LogP contribution in [-0.2, 0) is 32.5 Å². The van der Waals surface area contributed by atoms with Crippen molar-refractivity contribution >= 4 is 28.6 Å². The van der Waals surface area contributed by atoms with Gasteiger partial charge in [0.2, 0.25) is 0 Å². The van der Waals surface area contributed by atoms with Gasteiger partial charge in [0.05, 0.1) is 5.97 Å². The largest absolute Gasteiger partial charge is 1.00 e. The third-order valence-corrected chi connectivity index (χ3v) is 0.732. The first-order valence-electron chi connectivity index (χ1n) is 1.03. The van der Waals surface area contributed by atoms with Crippen LogP contribution in [0.1, 0.15) is 0 Å². The molecule has 0 fully saturated rings. The Kier molecular flexibility index (Phi) is 10.4. The van der Waals surface area contributed by atoms with Crippen LogP contribution in [0.4, 0.5) is 0 Å². The van der Waals surface area contributed by atoms with Gasteiger partial charge in [-0.3, -0.25) is 0 Å². The van der Waals surface area contributed by atoms with Crippen molar-refractivity contribution in [2.45, 2.75) is 0 Å². The Bertz CT molecular complexity index is 46.8. The topological polar surface area (TPSA) is 40.1 Å². The van der Waals surface area contributed by atoms with Crippen LogP contribution in [-0.4, -0.2) is 10.4 Å². The normalized spacial score (nSPS) is 6.17. The number of aliphatic carboxylic acids is 1. The van der Waals surface area contributed by atoms with Crippen molar-refractivity contribution in [3.63, 3.8) is 0 Å². The molecule has 0 heterocycles. The number of carboxylic acid groups (broad SMARTS) is 1. The van der Waals surface area contributed by atoms with E-state index in [4.69, 9.17) is 0 Å². The number of alkyl halides is 1. The van der Waals surface area contributed by atoms with E-state index in [9.17, 15) is 9.90 Å². The van der Waals surface area contributed by atoms with Crippen LogP contribution in [0.15, 0.2) is 0 Å². The van der Waals surface area contributed by atoms with E-state index >= 15 is 0 Å². The molecule has 0 saturated heterocycles. The van der Waals surface area contributed by atoms with E-state index in [-0.39, 0.29) is 32.1 Å². The van der Waals surface area contributed by atoms with Crippen LogP contribution in [0, 0.1) is 0 Å². The predicted octanol–water partition coefficient (Wildman–Crippen LogP) is -0.831. The number of hydrogen-bond acceptors (Lipinski definition) is 2. The van der Waals surface area contributed by atoms with Gasteiger partial charge in [0.15, 0.2) is 0 Å². The monoisotopic (exact) mass is 387 g/mol. The van der Waals surface area contributed by atoms with E-state index in [1.807, 2.05) is 0 Å². The third kappa shape index (κ3) is 8.93. The molecule has 2 nitrogen and oxygen atoms in total. The van der Waals surface area contributed by atoms with Gasteiger partial charge in [-0.2, -0.15) is 0 Å². The molecule has 0 bridgehead atoms. The fraction of sp³-hybridized carbons (Fsp3) is 0.500. The molecular weight excluding hydrogens is 384 g/mol. The van der Waals surface area contributed by atoms with Gasteiger partial charge in [0.25, 0.3) is 0 Å². The van der Waals surface area contributed by atoms with Crippen LogP contribution in [0.3, 0.4) is 0 Å². The minimum Gasteiger partial charge on any atom is -0.549 e. The zero-order valence-corrected chi connectivity index (χ0v) is 10.8. The van der Waals surface area contributed by atoms with Crippen LogP contribution < -0.4 is 5.11 Å². The van der Waals surface area contributed by atoms with Crippen LogP contribution >= 0.6 is 22.6 Å². The second-order valence-electron chi connectivity index (χ2n) is 0.506. The maximum absolute atomic E-state index is 9.25. The van der Waals surface area contributed by atoms with Gasteiger partial charge in [-0.05, 0) is 0 Å². The van der Waals surface area contributed by atoms with E-state index in [1.165, 1.54) is 0 Å². The summed E-state index contributed by atoms with van der Waals surface area (Å²) in [6, 6.07) is 0. The second kappa shape index (κ2) is 6.14. The van der Waals surface area contributed by atoms with Gasteiger partial charge < -0.3 is 9.90 Å². The Morgan fingerprint density at radius 3 is 2.00 bits per heavy atom. The predicted molar refractivity (Wildman–Crippen MR) is 23.9 cm³/mol. The summed E-state index contributed by atoms with van der Waals surface area (Å²) in [5.74, 6) is -1.01. The Balaban J connectivity index is 0. The molecule has 4 heteroatoms. The Morgan fingerprint density at radius 1 is 1.83 bits per heavy atom. The van der Waals surface area contributed by atoms with Crippen LogP contribution in [0.2, 0.25) is 0 Å². The smallest absolute Gasteiger partial charge is 0.549 e. The first-order chi connectivity index (χ1) is 2.27. The fourth-order valence-electron chi connectivity index (χ4n) is 0. The average Bonchev–Trinajstić information content (AvgIpc) is 1.38. The van der Waals surface area contributed by atoms with Crippen molar-refractivity contribution in [3.8, 4) is 0 Å². The number of carbonyl (C=O) groups excluding carboxylic acids is 1. The van der Waals surface area contributed by atoms with E-state index in [2.05, 4.69) is 0 Å². The van der Waals surface area contributed by atoms with Crippen molar-refractivity contribution in [2.75, 3.05) is 4.43 Å². The van der Waals surface area contributed by atoms with E-state index in [0.29, 0.717) is 0 Å². The van der Waals surface area contributed by atoms with Gasteiger partial charge in [-0.15, -0.1) is 0 Å². The third-order valence-electron chi connectivity index (χ3n) is 0.109. The number of carbonyl (C=O) groups is 1. The summed E-state index contributed by atoms with van der Waals surface area (Å²) in [7, 11) is 0. The Hall–Kier alpha value is 1.14. The zero-order valence-electron chi connectivity index (χ0n) is 3.11. The van der Waals surface area contributed by atoms with Gasteiger partial charge in [-0.25, -0.2) is 0 Å². The van der Waals surface area contributed by atoms with Crippen LogP contribution in [0.25, 0.3) is 0 Å². The number of halogens is 1. The molecule has 31 valence electrons. The van der Waals surface area contributed by atoms with Crippen molar-refractivity contribution in [2.24, 2.45) is 0 Å². The summed E-state index contributed by atoms with van der Waals surface area (Å²) < 4.78 is 0.0811. The molecule has 0 N–H and O–H groups in total. The summed E-state index contributed by atoms with van der Waals surface area (Å²) >= 11 is 1.72. The molecular formula is C2H2HgIO2. The molecule has 0 aliphatic rings. The quantitative estimate of drug-likeness (QED) is 0.336. The van der Waals surface area contributed by atoms with Crippen molar-refractivity contribution < 1.29 is 37.6 Å². The molecule has 0 aromatic carbocycles. The zero-order chi connectivity index (χ0) is 4.28. The molecule has 1 radical (unpaired) electrons. The van der Waals surface area contributed by atoms with Crippen LogP contribution in [0.5, 0.6) is 0 Å². The number of carboxylic acids is 1. The summed E-state index contributed by atoms with van der Waals surface area (Å²) in [5, 5.41) is 9.25. The molecule has 0 aromatic heterocycles. The molecule has 0 aromatic rings. The van der Waals surface area contributed by atoms with Crippen molar-refractivity contribution in [1.29, 1.82) is 0 Å². The summed E-state index contributed by atoms with van der Waals surface area (Å²) in [6.07, 6.45) is 0. The SMILES string of the molecule is O=C([O-])CI.[Hg+]. The summed E-state index contributed by atoms with van der Waals surface area (Å²) in [4.78, 5) is 9.25. The van der Waals surface area contributed by atoms with Gasteiger partial charge in [0, 0.05) is 4.43 Å². The number of rotatable bonds is 1. The standard InChI is InChI=1S/C2H3IO2.Hg/c3-1-2(4)5;/h1H2,(H,4,5);/q;+1/p-1. The maximum Gasteiger partial charge on any atom is 1.00 e. The summed E-state index contributed by atoms with van der Waals surface area (Å²) in [5.41, 5.74) is 0. The molecule has 0 atom stereocenters.